The molecular weight excluding hydrogens is 436 g/mol. The summed E-state index contributed by atoms with van der Waals surface area (Å²) in [4.78, 5) is 37.9. The Morgan fingerprint density at radius 2 is 2.13 bits per heavy atom. The van der Waals surface area contributed by atoms with Crippen molar-refractivity contribution < 1.29 is 9.59 Å². The smallest absolute Gasteiger partial charge is 0.273 e. The van der Waals surface area contributed by atoms with E-state index in [1.54, 1.807) is 11.8 Å². The van der Waals surface area contributed by atoms with Crippen LogP contribution in [0.3, 0.4) is 0 Å². The molecule has 30 heavy (non-hydrogen) atoms. The number of aryl methyl sites for hydroxylation is 2. The Labute approximate surface area is 187 Å². The first-order valence-electron chi connectivity index (χ1n) is 9.56. The van der Waals surface area contributed by atoms with Crippen molar-refractivity contribution in [2.24, 2.45) is 0 Å². The summed E-state index contributed by atoms with van der Waals surface area (Å²) in [5, 5.41) is 4.85. The number of thiazole rings is 1. The number of carbonyl (C=O) groups excluding carboxylic acids is 2. The standard InChI is InChI=1S/C21H22N4O2S3/c1-12-4-5-18(30-12)19(26)23-9-16-13(2)22-8-14-10-25(7-6-15(14)16)20(27)17-11-29-21(24-17)28-3/h4-5,8,11H,6-7,9-10H2,1-3H3,(H,23,26). The second kappa shape index (κ2) is 8.87. The lowest BCUT2D eigenvalue weighted by Crippen LogP contribution is -2.37. The number of thiophene rings is 1. The molecule has 0 saturated heterocycles. The molecule has 0 atom stereocenters. The van der Waals surface area contributed by atoms with Crippen molar-refractivity contribution >= 4 is 46.2 Å². The Kier molecular flexibility index (Phi) is 6.21. The molecule has 0 aliphatic carbocycles. The molecule has 9 heteroatoms. The van der Waals surface area contributed by atoms with Crippen molar-refractivity contribution in [2.75, 3.05) is 12.8 Å². The van der Waals surface area contributed by atoms with E-state index >= 15 is 0 Å². The molecule has 4 heterocycles. The van der Waals surface area contributed by atoms with E-state index in [4.69, 9.17) is 0 Å². The Bertz CT molecular complexity index is 1110. The highest BCUT2D eigenvalue weighted by atomic mass is 32.2. The average molecular weight is 459 g/mol. The molecule has 0 radical (unpaired) electrons. The van der Waals surface area contributed by atoms with Crippen LogP contribution in [0, 0.1) is 13.8 Å². The van der Waals surface area contributed by atoms with Crippen molar-refractivity contribution in [3.8, 4) is 0 Å². The van der Waals surface area contributed by atoms with Crippen LogP contribution in [0.15, 0.2) is 28.0 Å². The molecule has 0 fully saturated rings. The van der Waals surface area contributed by atoms with Crippen LogP contribution in [0.1, 0.15) is 47.4 Å². The van der Waals surface area contributed by atoms with E-state index in [-0.39, 0.29) is 11.8 Å². The van der Waals surface area contributed by atoms with Gasteiger partial charge in [-0.15, -0.1) is 22.7 Å². The molecule has 3 aromatic rings. The molecule has 6 nitrogen and oxygen atoms in total. The number of pyridine rings is 1. The van der Waals surface area contributed by atoms with Gasteiger partial charge in [0, 0.05) is 41.8 Å². The van der Waals surface area contributed by atoms with Crippen molar-refractivity contribution in [1.29, 1.82) is 0 Å². The van der Waals surface area contributed by atoms with Crippen LogP contribution in [0.4, 0.5) is 0 Å². The van der Waals surface area contributed by atoms with Gasteiger partial charge < -0.3 is 10.2 Å². The molecule has 1 aliphatic rings. The van der Waals surface area contributed by atoms with Gasteiger partial charge in [0.2, 0.25) is 0 Å². The first-order valence-corrected chi connectivity index (χ1v) is 12.5. The third kappa shape index (κ3) is 4.28. The lowest BCUT2D eigenvalue weighted by Gasteiger charge is -2.30. The van der Waals surface area contributed by atoms with Crippen LogP contribution >= 0.6 is 34.4 Å². The maximum atomic E-state index is 12.8. The number of nitrogens with zero attached hydrogens (tertiary/aromatic N) is 3. The summed E-state index contributed by atoms with van der Waals surface area (Å²) < 4.78 is 0.895. The van der Waals surface area contributed by atoms with Crippen molar-refractivity contribution in [2.45, 2.75) is 37.7 Å². The molecular formula is C21H22N4O2S3. The van der Waals surface area contributed by atoms with Gasteiger partial charge in [-0.3, -0.25) is 14.6 Å². The summed E-state index contributed by atoms with van der Waals surface area (Å²) in [6.45, 7) is 5.54. The molecule has 0 unspecified atom stereocenters. The van der Waals surface area contributed by atoms with Crippen LogP contribution in [0.25, 0.3) is 0 Å². The molecule has 1 N–H and O–H groups in total. The van der Waals surface area contributed by atoms with Gasteiger partial charge >= 0.3 is 0 Å². The summed E-state index contributed by atoms with van der Waals surface area (Å²) in [5.41, 5.74) is 4.71. The van der Waals surface area contributed by atoms with Crippen molar-refractivity contribution in [3.63, 3.8) is 0 Å². The normalized spacial score (nSPS) is 13.2. The zero-order valence-electron chi connectivity index (χ0n) is 17.0. The second-order valence-corrected chi connectivity index (χ2v) is 10.3. The van der Waals surface area contributed by atoms with Gasteiger partial charge in [0.15, 0.2) is 0 Å². The van der Waals surface area contributed by atoms with Gasteiger partial charge in [-0.2, -0.15) is 0 Å². The number of aromatic nitrogens is 2. The van der Waals surface area contributed by atoms with E-state index in [0.29, 0.717) is 30.2 Å². The van der Waals surface area contributed by atoms with E-state index in [1.807, 2.05) is 48.7 Å². The van der Waals surface area contributed by atoms with Gasteiger partial charge in [0.1, 0.15) is 10.0 Å². The minimum absolute atomic E-state index is 0.0410. The number of nitrogens with one attached hydrogen (secondary N) is 1. The van der Waals surface area contributed by atoms with Gasteiger partial charge in [-0.25, -0.2) is 4.98 Å². The highest BCUT2D eigenvalue weighted by Gasteiger charge is 2.26. The monoisotopic (exact) mass is 458 g/mol. The molecule has 3 aromatic heterocycles. The van der Waals surface area contributed by atoms with E-state index in [1.165, 1.54) is 28.2 Å². The van der Waals surface area contributed by atoms with E-state index < -0.39 is 0 Å². The minimum Gasteiger partial charge on any atom is -0.347 e. The Morgan fingerprint density at radius 3 is 2.83 bits per heavy atom. The maximum Gasteiger partial charge on any atom is 0.273 e. The Balaban J connectivity index is 1.49. The van der Waals surface area contributed by atoms with Gasteiger partial charge in [0.25, 0.3) is 11.8 Å². The number of fused-ring (bicyclic) bond motifs is 1. The number of thioether (sulfide) groups is 1. The maximum absolute atomic E-state index is 12.8. The third-order valence-electron chi connectivity index (χ3n) is 5.15. The Hall–Kier alpha value is -2.23. The van der Waals surface area contributed by atoms with Crippen LogP contribution in [-0.4, -0.2) is 39.5 Å². The van der Waals surface area contributed by atoms with Crippen molar-refractivity contribution in [3.05, 3.63) is 61.5 Å². The average Bonchev–Trinajstić information content (AvgIpc) is 3.41. The molecule has 0 saturated carbocycles. The third-order valence-corrected chi connectivity index (χ3v) is 8.01. The first kappa shape index (κ1) is 21.0. The predicted octanol–water partition coefficient (Wildman–Crippen LogP) is 4.07. The van der Waals surface area contributed by atoms with Crippen LogP contribution in [0.5, 0.6) is 0 Å². The highest BCUT2D eigenvalue weighted by Crippen LogP contribution is 2.26. The van der Waals surface area contributed by atoms with Crippen LogP contribution in [-0.2, 0) is 19.5 Å². The summed E-state index contributed by atoms with van der Waals surface area (Å²) >= 11 is 4.53. The summed E-state index contributed by atoms with van der Waals surface area (Å²) in [7, 11) is 0. The zero-order valence-corrected chi connectivity index (χ0v) is 19.5. The SMILES string of the molecule is CSc1nc(C(=O)N2CCc3c(cnc(C)c3CNC(=O)c3ccc(C)s3)C2)cs1. The molecule has 0 bridgehead atoms. The topological polar surface area (TPSA) is 75.2 Å². The summed E-state index contributed by atoms with van der Waals surface area (Å²) in [6.07, 6.45) is 4.55. The predicted molar refractivity (Wildman–Crippen MR) is 122 cm³/mol. The molecule has 156 valence electrons. The van der Waals surface area contributed by atoms with Crippen LogP contribution in [0.2, 0.25) is 0 Å². The van der Waals surface area contributed by atoms with E-state index in [2.05, 4.69) is 15.3 Å². The summed E-state index contributed by atoms with van der Waals surface area (Å²) in [6, 6.07) is 3.80. The minimum atomic E-state index is -0.0640. The Morgan fingerprint density at radius 1 is 1.30 bits per heavy atom. The lowest BCUT2D eigenvalue weighted by molar-refractivity contribution is 0.0728. The van der Waals surface area contributed by atoms with Gasteiger partial charge in [-0.05, 0) is 55.3 Å². The molecule has 1 aliphatic heterocycles. The quantitative estimate of drug-likeness (QED) is 0.584. The summed E-state index contributed by atoms with van der Waals surface area (Å²) in [5.74, 6) is -0.105. The highest BCUT2D eigenvalue weighted by molar-refractivity contribution is 8.00. The number of rotatable bonds is 5. The van der Waals surface area contributed by atoms with E-state index in [9.17, 15) is 9.59 Å². The molecule has 0 spiro atoms. The fourth-order valence-electron chi connectivity index (χ4n) is 3.55. The van der Waals surface area contributed by atoms with Gasteiger partial charge in [-0.1, -0.05) is 11.8 Å². The fourth-order valence-corrected chi connectivity index (χ4v) is 5.57. The lowest BCUT2D eigenvalue weighted by atomic mass is 9.94. The number of carbonyl (C=O) groups is 2. The fraction of sp³-hybridized carbons (Fsp3) is 0.333. The molecule has 0 aromatic carbocycles. The molecule has 2 amide bonds. The second-order valence-electron chi connectivity index (χ2n) is 7.10. The number of hydrogen-bond acceptors (Lipinski definition) is 7. The van der Waals surface area contributed by atoms with E-state index in [0.717, 1.165) is 32.5 Å². The largest absolute Gasteiger partial charge is 0.347 e. The first-order chi connectivity index (χ1) is 14.5. The molecule has 4 rings (SSSR count). The van der Waals surface area contributed by atoms with Crippen LogP contribution < -0.4 is 5.32 Å². The zero-order chi connectivity index (χ0) is 21.3. The number of hydrogen-bond donors (Lipinski definition) is 1. The van der Waals surface area contributed by atoms with Crippen molar-refractivity contribution in [1.82, 2.24) is 20.2 Å². The number of amides is 2. The van der Waals surface area contributed by atoms with Gasteiger partial charge in [0.05, 0.1) is 4.88 Å².